The van der Waals surface area contributed by atoms with E-state index in [1.54, 1.807) is 12.1 Å². The predicted molar refractivity (Wildman–Crippen MR) is 95.7 cm³/mol. The fraction of sp³-hybridized carbons (Fsp3) is 0.211. The lowest BCUT2D eigenvalue weighted by Gasteiger charge is -2.20. The van der Waals surface area contributed by atoms with Crippen LogP contribution in [0.1, 0.15) is 24.2 Å². The van der Waals surface area contributed by atoms with Gasteiger partial charge in [-0.15, -0.1) is 10.2 Å². The average molecular weight is 337 g/mol. The molecule has 0 aliphatic carbocycles. The van der Waals surface area contributed by atoms with Gasteiger partial charge in [0, 0.05) is 29.9 Å². The molecule has 0 radical (unpaired) electrons. The molecule has 0 bridgehead atoms. The van der Waals surface area contributed by atoms with Crippen molar-refractivity contribution in [3.8, 4) is 22.9 Å². The zero-order chi connectivity index (χ0) is 17.8. The maximum absolute atomic E-state index is 11.1. The van der Waals surface area contributed by atoms with Crippen molar-refractivity contribution >= 4 is 11.7 Å². The lowest BCUT2D eigenvalue weighted by molar-refractivity contribution is 0.0697. The van der Waals surface area contributed by atoms with Crippen LogP contribution in [-0.2, 0) is 0 Å². The molecule has 0 unspecified atom stereocenters. The fourth-order valence-corrected chi connectivity index (χ4v) is 2.65. The summed E-state index contributed by atoms with van der Waals surface area (Å²) < 4.78 is 5.71. The van der Waals surface area contributed by atoms with Gasteiger partial charge in [-0.05, 0) is 56.3 Å². The molecule has 0 atom stereocenters. The van der Waals surface area contributed by atoms with E-state index in [-0.39, 0.29) is 5.56 Å². The van der Waals surface area contributed by atoms with Crippen LogP contribution in [0.3, 0.4) is 0 Å². The fourth-order valence-electron chi connectivity index (χ4n) is 2.65. The zero-order valence-corrected chi connectivity index (χ0v) is 14.1. The van der Waals surface area contributed by atoms with Gasteiger partial charge >= 0.3 is 5.97 Å². The molecule has 25 heavy (non-hydrogen) atoms. The van der Waals surface area contributed by atoms with Crippen molar-refractivity contribution < 1.29 is 14.3 Å². The topological polar surface area (TPSA) is 79.5 Å². The molecule has 6 nitrogen and oxygen atoms in total. The third-order valence-corrected chi connectivity index (χ3v) is 4.02. The number of carboxylic acid groups (broad SMARTS) is 1. The van der Waals surface area contributed by atoms with Gasteiger partial charge in [-0.2, -0.15) is 0 Å². The summed E-state index contributed by atoms with van der Waals surface area (Å²) in [6, 6.07) is 14.4. The van der Waals surface area contributed by atoms with Gasteiger partial charge in [0.05, 0.1) is 5.56 Å². The van der Waals surface area contributed by atoms with Crippen LogP contribution in [-0.4, -0.2) is 34.4 Å². The van der Waals surface area contributed by atoms with Crippen molar-refractivity contribution in [2.24, 2.45) is 0 Å². The number of hydrogen-bond acceptors (Lipinski definition) is 5. The van der Waals surface area contributed by atoms with Crippen molar-refractivity contribution in [3.05, 3.63) is 54.1 Å². The molecule has 3 rings (SSSR count). The molecule has 2 aromatic carbocycles. The lowest BCUT2D eigenvalue weighted by Crippen LogP contribution is -2.21. The molecule has 128 valence electrons. The Balaban J connectivity index is 1.86. The number of hydrogen-bond donors (Lipinski definition) is 1. The monoisotopic (exact) mass is 337 g/mol. The summed E-state index contributed by atoms with van der Waals surface area (Å²) in [7, 11) is 0. The first kappa shape index (κ1) is 16.7. The van der Waals surface area contributed by atoms with Crippen molar-refractivity contribution in [2.45, 2.75) is 13.8 Å². The number of anilines is 1. The summed E-state index contributed by atoms with van der Waals surface area (Å²) in [6.45, 7) is 6.13. The van der Waals surface area contributed by atoms with Crippen LogP contribution in [0.15, 0.2) is 52.9 Å². The van der Waals surface area contributed by atoms with E-state index in [1.165, 1.54) is 12.1 Å². The number of benzene rings is 2. The van der Waals surface area contributed by atoms with E-state index in [0.29, 0.717) is 17.3 Å². The third-order valence-electron chi connectivity index (χ3n) is 4.02. The summed E-state index contributed by atoms with van der Waals surface area (Å²) in [5.74, 6) is -0.290. The molecule has 0 spiro atoms. The number of rotatable bonds is 6. The Morgan fingerprint density at radius 1 is 1.00 bits per heavy atom. The SMILES string of the molecule is CCN(CC)c1ccc(-c2nnc(-c3cccc(C(=O)O)c3)o2)cc1. The van der Waals surface area contributed by atoms with Gasteiger partial charge in [0.1, 0.15) is 0 Å². The van der Waals surface area contributed by atoms with E-state index >= 15 is 0 Å². The molecule has 0 aliphatic rings. The molecule has 3 aromatic rings. The highest BCUT2D eigenvalue weighted by atomic mass is 16.4. The number of aromatic nitrogens is 2. The maximum Gasteiger partial charge on any atom is 0.335 e. The second kappa shape index (κ2) is 7.17. The van der Waals surface area contributed by atoms with Gasteiger partial charge in [-0.25, -0.2) is 4.79 Å². The standard InChI is InChI=1S/C19H19N3O3/c1-3-22(4-2)16-10-8-13(9-11-16)17-20-21-18(25-17)14-6-5-7-15(12-14)19(23)24/h5-12H,3-4H2,1-2H3,(H,23,24). The molecule has 0 aliphatic heterocycles. The predicted octanol–water partition coefficient (Wildman–Crippen LogP) is 3.95. The Labute approximate surface area is 145 Å². The van der Waals surface area contributed by atoms with Crippen LogP contribution in [0.5, 0.6) is 0 Å². The molecule has 1 heterocycles. The van der Waals surface area contributed by atoms with Gasteiger partial charge in [0.2, 0.25) is 11.8 Å². The van der Waals surface area contributed by atoms with Gasteiger partial charge in [-0.1, -0.05) is 6.07 Å². The largest absolute Gasteiger partial charge is 0.478 e. The first-order valence-corrected chi connectivity index (χ1v) is 8.15. The van der Waals surface area contributed by atoms with E-state index in [2.05, 4.69) is 28.9 Å². The van der Waals surface area contributed by atoms with Gasteiger partial charge in [0.15, 0.2) is 0 Å². The summed E-state index contributed by atoms with van der Waals surface area (Å²) in [5, 5.41) is 17.2. The first-order valence-electron chi connectivity index (χ1n) is 8.15. The molecule has 0 amide bonds. The van der Waals surface area contributed by atoms with Crippen LogP contribution in [0.25, 0.3) is 22.9 Å². The second-order valence-electron chi connectivity index (χ2n) is 5.52. The van der Waals surface area contributed by atoms with Crippen molar-refractivity contribution in [1.29, 1.82) is 0 Å². The summed E-state index contributed by atoms with van der Waals surface area (Å²) in [4.78, 5) is 13.3. The minimum atomic E-state index is -0.992. The lowest BCUT2D eigenvalue weighted by atomic mass is 10.1. The minimum absolute atomic E-state index is 0.181. The van der Waals surface area contributed by atoms with Crippen molar-refractivity contribution in [1.82, 2.24) is 10.2 Å². The summed E-state index contributed by atoms with van der Waals surface area (Å²) in [6.07, 6.45) is 0. The Bertz CT molecular complexity index is 868. The molecule has 1 N–H and O–H groups in total. The number of carboxylic acids is 1. The molecule has 1 aromatic heterocycles. The Morgan fingerprint density at radius 2 is 1.64 bits per heavy atom. The Morgan fingerprint density at radius 3 is 2.24 bits per heavy atom. The van der Waals surface area contributed by atoms with Crippen LogP contribution < -0.4 is 4.90 Å². The average Bonchev–Trinajstić information content (AvgIpc) is 3.13. The van der Waals surface area contributed by atoms with Crippen LogP contribution in [0.2, 0.25) is 0 Å². The molecular weight excluding hydrogens is 318 g/mol. The summed E-state index contributed by atoms with van der Waals surface area (Å²) in [5.41, 5.74) is 2.73. The maximum atomic E-state index is 11.1. The zero-order valence-electron chi connectivity index (χ0n) is 14.1. The van der Waals surface area contributed by atoms with Crippen LogP contribution in [0.4, 0.5) is 5.69 Å². The minimum Gasteiger partial charge on any atom is -0.478 e. The number of nitrogens with zero attached hydrogens (tertiary/aromatic N) is 3. The van der Waals surface area contributed by atoms with Crippen molar-refractivity contribution in [3.63, 3.8) is 0 Å². The van der Waals surface area contributed by atoms with E-state index in [4.69, 9.17) is 9.52 Å². The smallest absolute Gasteiger partial charge is 0.335 e. The highest BCUT2D eigenvalue weighted by Gasteiger charge is 2.13. The van der Waals surface area contributed by atoms with Crippen LogP contribution in [0, 0.1) is 0 Å². The molecule has 0 fully saturated rings. The summed E-state index contributed by atoms with van der Waals surface area (Å²) >= 11 is 0. The molecule has 0 saturated carbocycles. The number of carbonyl (C=O) groups is 1. The Hall–Kier alpha value is -3.15. The highest BCUT2D eigenvalue weighted by molar-refractivity contribution is 5.89. The molecular formula is C19H19N3O3. The quantitative estimate of drug-likeness (QED) is 0.734. The van der Waals surface area contributed by atoms with Crippen LogP contribution >= 0.6 is 0 Å². The molecule has 6 heteroatoms. The van der Waals surface area contributed by atoms with Gasteiger partial charge in [0.25, 0.3) is 0 Å². The van der Waals surface area contributed by atoms with E-state index in [9.17, 15) is 4.79 Å². The van der Waals surface area contributed by atoms with E-state index < -0.39 is 5.97 Å². The first-order chi connectivity index (χ1) is 12.1. The Kier molecular flexibility index (Phi) is 4.79. The third kappa shape index (κ3) is 3.52. The highest BCUT2D eigenvalue weighted by Crippen LogP contribution is 2.26. The number of aromatic carboxylic acids is 1. The normalized spacial score (nSPS) is 10.6. The van der Waals surface area contributed by atoms with E-state index in [1.807, 2.05) is 24.3 Å². The van der Waals surface area contributed by atoms with Gasteiger partial charge < -0.3 is 14.4 Å². The second-order valence-corrected chi connectivity index (χ2v) is 5.52. The molecule has 0 saturated heterocycles. The van der Waals surface area contributed by atoms with E-state index in [0.717, 1.165) is 24.3 Å². The van der Waals surface area contributed by atoms with Crippen molar-refractivity contribution in [2.75, 3.05) is 18.0 Å². The van der Waals surface area contributed by atoms with Gasteiger partial charge in [-0.3, -0.25) is 0 Å².